The average Bonchev–Trinajstić information content (AvgIpc) is 3.37. The number of amides is 1. The predicted molar refractivity (Wildman–Crippen MR) is 129 cm³/mol. The van der Waals surface area contributed by atoms with E-state index in [2.05, 4.69) is 4.98 Å². The molecule has 1 unspecified atom stereocenters. The summed E-state index contributed by atoms with van der Waals surface area (Å²) in [5, 5.41) is 11.6. The SMILES string of the molecule is COc1cccc(C(O)=C2C(=O)C(=O)N(c3nc4ccc(C)cc4s3)C2c2ccccc2)c1. The Morgan fingerprint density at radius 3 is 2.58 bits per heavy atom. The molecule has 0 aliphatic carbocycles. The van der Waals surface area contributed by atoms with Gasteiger partial charge in [0, 0.05) is 5.56 Å². The first-order valence-electron chi connectivity index (χ1n) is 10.4. The number of methoxy groups -OCH3 is 1. The minimum Gasteiger partial charge on any atom is -0.507 e. The number of ether oxygens (including phenoxy) is 1. The molecular formula is C26H20N2O4S. The van der Waals surface area contributed by atoms with Gasteiger partial charge in [0.2, 0.25) is 0 Å². The van der Waals surface area contributed by atoms with Gasteiger partial charge in [0.05, 0.1) is 28.9 Å². The van der Waals surface area contributed by atoms with Crippen LogP contribution in [0.25, 0.3) is 16.0 Å². The van der Waals surface area contributed by atoms with Gasteiger partial charge in [-0.2, -0.15) is 0 Å². The molecule has 0 saturated carbocycles. The molecule has 164 valence electrons. The Bertz CT molecular complexity index is 1420. The van der Waals surface area contributed by atoms with Crippen molar-refractivity contribution in [1.82, 2.24) is 4.98 Å². The van der Waals surface area contributed by atoms with E-state index in [0.29, 0.717) is 22.0 Å². The first-order chi connectivity index (χ1) is 16.0. The van der Waals surface area contributed by atoms with Crippen LogP contribution in [0.1, 0.15) is 22.7 Å². The van der Waals surface area contributed by atoms with Crippen LogP contribution >= 0.6 is 11.3 Å². The Kier molecular flexibility index (Phi) is 5.18. The smallest absolute Gasteiger partial charge is 0.301 e. The number of nitrogens with zero attached hydrogens (tertiary/aromatic N) is 2. The Balaban J connectivity index is 1.72. The molecule has 1 fully saturated rings. The fourth-order valence-corrected chi connectivity index (χ4v) is 5.12. The molecule has 1 aromatic heterocycles. The zero-order valence-electron chi connectivity index (χ0n) is 18.0. The predicted octanol–water partition coefficient (Wildman–Crippen LogP) is 5.24. The Labute approximate surface area is 194 Å². The van der Waals surface area contributed by atoms with Crippen molar-refractivity contribution in [3.05, 3.63) is 95.1 Å². The van der Waals surface area contributed by atoms with E-state index in [1.54, 1.807) is 24.3 Å². The number of aromatic nitrogens is 1. The molecule has 33 heavy (non-hydrogen) atoms. The van der Waals surface area contributed by atoms with E-state index in [4.69, 9.17) is 4.74 Å². The summed E-state index contributed by atoms with van der Waals surface area (Å²) in [7, 11) is 1.52. The van der Waals surface area contributed by atoms with Gasteiger partial charge in [-0.1, -0.05) is 59.9 Å². The van der Waals surface area contributed by atoms with Crippen LogP contribution < -0.4 is 9.64 Å². The number of carbonyl (C=O) groups excluding carboxylic acids is 2. The molecular weight excluding hydrogens is 436 g/mol. The Morgan fingerprint density at radius 2 is 1.82 bits per heavy atom. The normalized spacial score (nSPS) is 17.6. The number of hydrogen-bond donors (Lipinski definition) is 1. The summed E-state index contributed by atoms with van der Waals surface area (Å²) in [6.07, 6.45) is 0. The summed E-state index contributed by atoms with van der Waals surface area (Å²) in [4.78, 5) is 32.6. The summed E-state index contributed by atoms with van der Waals surface area (Å²) < 4.78 is 6.18. The van der Waals surface area contributed by atoms with Gasteiger partial charge in [-0.25, -0.2) is 4.98 Å². The van der Waals surface area contributed by atoms with Gasteiger partial charge in [-0.15, -0.1) is 0 Å². The quantitative estimate of drug-likeness (QED) is 0.258. The van der Waals surface area contributed by atoms with Crippen molar-refractivity contribution in [2.45, 2.75) is 13.0 Å². The largest absolute Gasteiger partial charge is 0.507 e. The molecule has 1 N–H and O–H groups in total. The monoisotopic (exact) mass is 456 g/mol. The molecule has 1 amide bonds. The maximum atomic E-state index is 13.3. The number of aliphatic hydroxyl groups is 1. The van der Waals surface area contributed by atoms with Crippen LogP contribution in [0.5, 0.6) is 5.75 Å². The number of carbonyl (C=O) groups is 2. The van der Waals surface area contributed by atoms with E-state index >= 15 is 0 Å². The summed E-state index contributed by atoms with van der Waals surface area (Å²) >= 11 is 1.35. The highest BCUT2D eigenvalue weighted by atomic mass is 32.1. The third-order valence-electron chi connectivity index (χ3n) is 5.64. The van der Waals surface area contributed by atoms with Gasteiger partial charge >= 0.3 is 5.91 Å². The first-order valence-corrected chi connectivity index (χ1v) is 11.2. The molecule has 0 spiro atoms. The number of Topliss-reactive ketones (excluding diaryl/α,β-unsaturated/α-hetero) is 1. The summed E-state index contributed by atoms with van der Waals surface area (Å²) in [6, 6.07) is 21.0. The van der Waals surface area contributed by atoms with Crippen LogP contribution in [0.2, 0.25) is 0 Å². The highest BCUT2D eigenvalue weighted by molar-refractivity contribution is 7.22. The molecule has 0 radical (unpaired) electrons. The van der Waals surface area contributed by atoms with Gasteiger partial charge in [-0.05, 0) is 42.3 Å². The molecule has 6 nitrogen and oxygen atoms in total. The number of fused-ring (bicyclic) bond motifs is 1. The van der Waals surface area contributed by atoms with E-state index < -0.39 is 17.7 Å². The lowest BCUT2D eigenvalue weighted by atomic mass is 9.95. The van der Waals surface area contributed by atoms with E-state index in [-0.39, 0.29) is 11.3 Å². The molecule has 7 heteroatoms. The van der Waals surface area contributed by atoms with Crippen molar-refractivity contribution in [2.75, 3.05) is 12.0 Å². The molecule has 5 rings (SSSR count). The number of benzene rings is 3. The van der Waals surface area contributed by atoms with Crippen LogP contribution in [0.4, 0.5) is 5.13 Å². The average molecular weight is 457 g/mol. The maximum absolute atomic E-state index is 13.3. The van der Waals surface area contributed by atoms with Crippen molar-refractivity contribution in [1.29, 1.82) is 0 Å². The molecule has 1 saturated heterocycles. The summed E-state index contributed by atoms with van der Waals surface area (Å²) in [5.74, 6) is -1.18. The zero-order valence-corrected chi connectivity index (χ0v) is 18.8. The summed E-state index contributed by atoms with van der Waals surface area (Å²) in [6.45, 7) is 1.99. The molecule has 3 aromatic carbocycles. The molecule has 1 atom stereocenters. The van der Waals surface area contributed by atoms with Gasteiger partial charge < -0.3 is 9.84 Å². The number of hydrogen-bond acceptors (Lipinski definition) is 6. The lowest BCUT2D eigenvalue weighted by Gasteiger charge is -2.22. The van der Waals surface area contributed by atoms with Crippen molar-refractivity contribution < 1.29 is 19.4 Å². The lowest BCUT2D eigenvalue weighted by molar-refractivity contribution is -0.132. The van der Waals surface area contributed by atoms with Crippen LogP contribution in [-0.2, 0) is 9.59 Å². The number of anilines is 1. The van der Waals surface area contributed by atoms with Gasteiger partial charge in [-0.3, -0.25) is 14.5 Å². The van der Waals surface area contributed by atoms with Crippen molar-refractivity contribution >= 4 is 44.1 Å². The van der Waals surface area contributed by atoms with Crippen molar-refractivity contribution in [3.63, 3.8) is 0 Å². The van der Waals surface area contributed by atoms with Crippen LogP contribution in [0.15, 0.2) is 78.4 Å². The van der Waals surface area contributed by atoms with Crippen LogP contribution in [-0.4, -0.2) is 28.9 Å². The third kappa shape index (κ3) is 3.56. The van der Waals surface area contributed by atoms with Crippen LogP contribution in [0.3, 0.4) is 0 Å². The van der Waals surface area contributed by atoms with Gasteiger partial charge in [0.25, 0.3) is 5.78 Å². The van der Waals surface area contributed by atoms with Gasteiger partial charge in [0.15, 0.2) is 5.13 Å². The van der Waals surface area contributed by atoms with Crippen molar-refractivity contribution in [3.8, 4) is 5.75 Å². The molecule has 2 heterocycles. The number of aliphatic hydroxyl groups excluding tert-OH is 1. The summed E-state index contributed by atoms with van der Waals surface area (Å²) in [5.41, 5.74) is 2.96. The number of thiazole rings is 1. The number of aryl methyl sites for hydroxylation is 1. The second-order valence-corrected chi connectivity index (χ2v) is 8.79. The van der Waals surface area contributed by atoms with E-state index in [9.17, 15) is 14.7 Å². The number of ketones is 1. The van der Waals surface area contributed by atoms with E-state index in [1.807, 2.05) is 55.5 Å². The standard InChI is InChI=1S/C26H20N2O4S/c1-15-11-12-19-20(13-15)33-26(27-19)28-22(16-7-4-3-5-8-16)21(24(30)25(28)31)23(29)17-9-6-10-18(14-17)32-2/h3-14,22,29H,1-2H3. The maximum Gasteiger partial charge on any atom is 0.301 e. The fraction of sp³-hybridized carbons (Fsp3) is 0.115. The second-order valence-electron chi connectivity index (χ2n) is 7.78. The minimum absolute atomic E-state index is 0.0230. The van der Waals surface area contributed by atoms with Gasteiger partial charge in [0.1, 0.15) is 11.5 Å². The second kappa shape index (κ2) is 8.18. The Hall–Kier alpha value is -3.97. The lowest BCUT2D eigenvalue weighted by Crippen LogP contribution is -2.29. The number of rotatable bonds is 4. The van der Waals surface area contributed by atoms with E-state index in [1.165, 1.54) is 23.3 Å². The molecule has 4 aromatic rings. The highest BCUT2D eigenvalue weighted by Gasteiger charge is 2.48. The fourth-order valence-electron chi connectivity index (χ4n) is 4.03. The van der Waals surface area contributed by atoms with Crippen LogP contribution in [0, 0.1) is 6.92 Å². The third-order valence-corrected chi connectivity index (χ3v) is 6.66. The van der Waals surface area contributed by atoms with E-state index in [0.717, 1.165) is 15.8 Å². The topological polar surface area (TPSA) is 79.7 Å². The zero-order chi connectivity index (χ0) is 23.1. The highest BCUT2D eigenvalue weighted by Crippen LogP contribution is 2.44. The molecule has 1 aliphatic rings. The Morgan fingerprint density at radius 1 is 1.03 bits per heavy atom. The van der Waals surface area contributed by atoms with Crippen molar-refractivity contribution in [2.24, 2.45) is 0 Å². The first kappa shape index (κ1) is 20.9. The minimum atomic E-state index is -0.806. The molecule has 1 aliphatic heterocycles. The molecule has 0 bridgehead atoms.